The number of nitrogens with zero attached hydrogens (tertiary/aromatic N) is 2. The lowest BCUT2D eigenvalue weighted by molar-refractivity contribution is 0.153. The van der Waals surface area contributed by atoms with Gasteiger partial charge in [-0.25, -0.2) is 0 Å². The lowest BCUT2D eigenvalue weighted by atomic mass is 9.77. The molecule has 3 saturated heterocycles. The van der Waals surface area contributed by atoms with E-state index in [9.17, 15) is 0 Å². The zero-order chi connectivity index (χ0) is 16.0. The number of oxime groups is 1. The van der Waals surface area contributed by atoms with Crippen LogP contribution >= 0.6 is 23.2 Å². The van der Waals surface area contributed by atoms with Gasteiger partial charge in [0.2, 0.25) is 0 Å². The summed E-state index contributed by atoms with van der Waals surface area (Å²) in [6.45, 7) is 5.08. The molecule has 4 rings (SSSR count). The Labute approximate surface area is 146 Å². The minimum Gasteiger partial charge on any atom is -0.392 e. The highest BCUT2D eigenvalue weighted by Gasteiger charge is 2.54. The SMILES string of the molecule is C=CCON=C1CN2[C@H]3CC[C@@H]2[C@H]1[C@@H](c1ccc(Cl)c(Cl)c1)C3. The molecule has 3 aliphatic rings. The molecule has 4 bridgehead atoms. The van der Waals surface area contributed by atoms with E-state index in [1.165, 1.54) is 30.5 Å². The summed E-state index contributed by atoms with van der Waals surface area (Å²) >= 11 is 12.3. The van der Waals surface area contributed by atoms with Crippen molar-refractivity contribution in [3.63, 3.8) is 0 Å². The molecule has 5 atom stereocenters. The van der Waals surface area contributed by atoms with Crippen molar-refractivity contribution in [3.8, 4) is 0 Å². The van der Waals surface area contributed by atoms with Crippen LogP contribution in [0.15, 0.2) is 36.0 Å². The predicted octanol–water partition coefficient (Wildman–Crippen LogP) is 4.50. The minimum atomic E-state index is 0.427. The van der Waals surface area contributed by atoms with Crippen molar-refractivity contribution in [1.82, 2.24) is 4.90 Å². The van der Waals surface area contributed by atoms with E-state index in [0.717, 1.165) is 6.54 Å². The Morgan fingerprint density at radius 3 is 2.96 bits per heavy atom. The summed E-state index contributed by atoms with van der Waals surface area (Å²) in [5, 5.41) is 5.69. The maximum Gasteiger partial charge on any atom is 0.135 e. The van der Waals surface area contributed by atoms with Crippen LogP contribution in [0.5, 0.6) is 0 Å². The fourth-order valence-corrected chi connectivity index (χ4v) is 4.96. The molecule has 5 heteroatoms. The fraction of sp³-hybridized carbons (Fsp3) is 0.500. The van der Waals surface area contributed by atoms with Crippen LogP contribution in [0.2, 0.25) is 10.0 Å². The molecule has 0 amide bonds. The minimum absolute atomic E-state index is 0.427. The molecule has 3 nitrogen and oxygen atoms in total. The van der Waals surface area contributed by atoms with Crippen LogP contribution in [-0.2, 0) is 4.84 Å². The molecule has 23 heavy (non-hydrogen) atoms. The van der Waals surface area contributed by atoms with Crippen molar-refractivity contribution in [2.45, 2.75) is 37.3 Å². The highest BCUT2D eigenvalue weighted by atomic mass is 35.5. The van der Waals surface area contributed by atoms with Gasteiger partial charge in [0.1, 0.15) is 6.61 Å². The molecule has 0 aliphatic carbocycles. The summed E-state index contributed by atoms with van der Waals surface area (Å²) in [4.78, 5) is 8.03. The first-order chi connectivity index (χ1) is 11.2. The van der Waals surface area contributed by atoms with Crippen molar-refractivity contribution in [2.24, 2.45) is 11.1 Å². The summed E-state index contributed by atoms with van der Waals surface area (Å²) in [5.41, 5.74) is 2.45. The third-order valence-electron chi connectivity index (χ3n) is 5.54. The van der Waals surface area contributed by atoms with Crippen LogP contribution < -0.4 is 0 Å². The highest BCUT2D eigenvalue weighted by Crippen LogP contribution is 2.51. The van der Waals surface area contributed by atoms with E-state index < -0.39 is 0 Å². The Bertz CT molecular complexity index is 660. The summed E-state index contributed by atoms with van der Waals surface area (Å²) in [7, 11) is 0. The number of piperidine rings is 1. The van der Waals surface area contributed by atoms with Crippen LogP contribution in [0.25, 0.3) is 0 Å². The van der Waals surface area contributed by atoms with Crippen LogP contribution in [0.4, 0.5) is 0 Å². The molecular formula is C18H20Cl2N2O. The lowest BCUT2D eigenvalue weighted by Crippen LogP contribution is -2.40. The molecule has 3 heterocycles. The summed E-state index contributed by atoms with van der Waals surface area (Å²) < 4.78 is 0. The molecule has 1 unspecified atom stereocenters. The lowest BCUT2D eigenvalue weighted by Gasteiger charge is -2.36. The molecule has 0 radical (unpaired) electrons. The molecule has 122 valence electrons. The molecule has 0 saturated carbocycles. The smallest absolute Gasteiger partial charge is 0.135 e. The maximum atomic E-state index is 6.25. The number of hydrogen-bond acceptors (Lipinski definition) is 3. The van der Waals surface area contributed by atoms with E-state index >= 15 is 0 Å². The topological polar surface area (TPSA) is 24.8 Å². The van der Waals surface area contributed by atoms with Gasteiger partial charge in [0, 0.05) is 24.5 Å². The second kappa shape index (κ2) is 6.12. The zero-order valence-corrected chi connectivity index (χ0v) is 14.4. The molecule has 0 N–H and O–H groups in total. The van der Waals surface area contributed by atoms with E-state index in [1.54, 1.807) is 6.08 Å². The van der Waals surface area contributed by atoms with Gasteiger partial charge in [-0.05, 0) is 42.9 Å². The van der Waals surface area contributed by atoms with Crippen molar-refractivity contribution < 1.29 is 4.84 Å². The van der Waals surface area contributed by atoms with Gasteiger partial charge in [0.15, 0.2) is 0 Å². The quantitative estimate of drug-likeness (QED) is 0.453. The highest BCUT2D eigenvalue weighted by molar-refractivity contribution is 6.42. The van der Waals surface area contributed by atoms with Crippen LogP contribution in [-0.4, -0.2) is 35.8 Å². The summed E-state index contributed by atoms with van der Waals surface area (Å²) in [6.07, 6.45) is 5.45. The largest absolute Gasteiger partial charge is 0.392 e. The molecule has 0 spiro atoms. The monoisotopic (exact) mass is 350 g/mol. The van der Waals surface area contributed by atoms with Gasteiger partial charge in [-0.1, -0.05) is 47.1 Å². The van der Waals surface area contributed by atoms with Gasteiger partial charge < -0.3 is 4.84 Å². The Hall–Kier alpha value is -1.03. The molecule has 3 aliphatic heterocycles. The van der Waals surface area contributed by atoms with Crippen molar-refractivity contribution in [3.05, 3.63) is 46.5 Å². The van der Waals surface area contributed by atoms with Gasteiger partial charge in [0.05, 0.1) is 15.8 Å². The van der Waals surface area contributed by atoms with Crippen LogP contribution in [0.1, 0.15) is 30.7 Å². The van der Waals surface area contributed by atoms with Crippen molar-refractivity contribution in [1.29, 1.82) is 0 Å². The van der Waals surface area contributed by atoms with E-state index in [4.69, 9.17) is 28.0 Å². The molecule has 3 fully saturated rings. The standard InChI is InChI=1S/C18H20Cl2N2O/c1-2-7-23-21-16-10-22-12-4-6-17(22)18(16)13(9-12)11-3-5-14(19)15(20)8-11/h2-3,5,8,12-13,17-18H,1,4,6-7,9-10H2/t12-,13+,17+,18-/m0/s1. The van der Waals surface area contributed by atoms with Gasteiger partial charge in [-0.2, -0.15) is 0 Å². The first-order valence-corrected chi connectivity index (χ1v) is 8.95. The van der Waals surface area contributed by atoms with Crippen molar-refractivity contribution in [2.75, 3.05) is 13.2 Å². The number of hydrogen-bond donors (Lipinski definition) is 0. The molecule has 1 aromatic carbocycles. The summed E-state index contributed by atoms with van der Waals surface area (Å²) in [6, 6.07) is 7.31. The Balaban J connectivity index is 1.67. The van der Waals surface area contributed by atoms with Crippen LogP contribution in [0.3, 0.4) is 0 Å². The Morgan fingerprint density at radius 1 is 1.30 bits per heavy atom. The normalized spacial score (nSPS) is 36.4. The van der Waals surface area contributed by atoms with Crippen LogP contribution in [0, 0.1) is 5.92 Å². The van der Waals surface area contributed by atoms with Gasteiger partial charge in [0.25, 0.3) is 0 Å². The van der Waals surface area contributed by atoms with Gasteiger partial charge >= 0.3 is 0 Å². The first-order valence-electron chi connectivity index (χ1n) is 8.19. The van der Waals surface area contributed by atoms with E-state index in [2.05, 4.69) is 22.7 Å². The molecular weight excluding hydrogens is 331 g/mol. The maximum absolute atomic E-state index is 6.25. The first kappa shape index (κ1) is 15.5. The Kier molecular flexibility index (Phi) is 4.12. The Morgan fingerprint density at radius 2 is 2.17 bits per heavy atom. The summed E-state index contributed by atoms with van der Waals surface area (Å²) in [5.74, 6) is 0.878. The zero-order valence-electron chi connectivity index (χ0n) is 12.9. The molecule has 1 aromatic rings. The van der Waals surface area contributed by atoms with Gasteiger partial charge in [-0.15, -0.1) is 0 Å². The van der Waals surface area contributed by atoms with Gasteiger partial charge in [-0.3, -0.25) is 4.90 Å². The predicted molar refractivity (Wildman–Crippen MR) is 94.4 cm³/mol. The molecule has 0 aromatic heterocycles. The second-order valence-corrected chi connectivity index (χ2v) is 7.49. The average molecular weight is 351 g/mol. The average Bonchev–Trinajstić information content (AvgIpc) is 2.95. The second-order valence-electron chi connectivity index (χ2n) is 6.68. The third-order valence-corrected chi connectivity index (χ3v) is 6.28. The van der Waals surface area contributed by atoms with E-state index in [0.29, 0.717) is 40.6 Å². The van der Waals surface area contributed by atoms with Crippen molar-refractivity contribution >= 4 is 28.9 Å². The van der Waals surface area contributed by atoms with E-state index in [1.807, 2.05) is 12.1 Å². The number of rotatable bonds is 4. The number of benzene rings is 1. The third kappa shape index (κ3) is 2.59. The fourth-order valence-electron chi connectivity index (χ4n) is 4.65. The number of halogens is 2. The van der Waals surface area contributed by atoms with E-state index in [-0.39, 0.29) is 0 Å².